The van der Waals surface area contributed by atoms with E-state index in [-0.39, 0.29) is 12.2 Å². The van der Waals surface area contributed by atoms with Gasteiger partial charge in [0.05, 0.1) is 11.9 Å². The first-order valence-corrected chi connectivity index (χ1v) is 8.01. The van der Waals surface area contributed by atoms with E-state index in [4.69, 9.17) is 11.6 Å². The first kappa shape index (κ1) is 17.0. The molecule has 0 spiro atoms. The molecule has 2 heterocycles. The molecule has 2 aromatic heterocycles. The summed E-state index contributed by atoms with van der Waals surface area (Å²) < 4.78 is 13.1. The zero-order valence-electron chi connectivity index (χ0n) is 13.5. The van der Waals surface area contributed by atoms with Crippen molar-refractivity contribution in [3.8, 4) is 0 Å². The number of pyridine rings is 2. The summed E-state index contributed by atoms with van der Waals surface area (Å²) in [6.07, 6.45) is 4.73. The Labute approximate surface area is 149 Å². The molecule has 3 aromatic rings. The first-order valence-electron chi connectivity index (χ1n) is 7.64. The van der Waals surface area contributed by atoms with Gasteiger partial charge in [0.25, 0.3) is 0 Å². The number of Topliss-reactive ketones (excluding diaryl/α,β-unsaturated/α-hetero) is 1. The average molecular weight is 356 g/mol. The lowest BCUT2D eigenvalue weighted by atomic mass is 10.0. The maximum atomic E-state index is 13.1. The number of halogens is 2. The zero-order chi connectivity index (χ0) is 17.8. The third kappa shape index (κ3) is 4.19. The van der Waals surface area contributed by atoms with Gasteiger partial charge in [0.1, 0.15) is 0 Å². The molecule has 0 aliphatic rings. The van der Waals surface area contributed by atoms with Gasteiger partial charge in [-0.05, 0) is 54.4 Å². The predicted octanol–water partition coefficient (Wildman–Crippen LogP) is 4.75. The van der Waals surface area contributed by atoms with Crippen LogP contribution in [0.1, 0.15) is 21.5 Å². The van der Waals surface area contributed by atoms with Crippen LogP contribution < -0.4 is 5.32 Å². The van der Waals surface area contributed by atoms with Crippen LogP contribution in [0, 0.1) is 12.9 Å². The molecule has 0 unspecified atom stereocenters. The van der Waals surface area contributed by atoms with E-state index in [1.807, 2.05) is 12.1 Å². The summed E-state index contributed by atoms with van der Waals surface area (Å²) >= 11 is 5.89. The van der Waals surface area contributed by atoms with Crippen molar-refractivity contribution in [2.75, 3.05) is 5.32 Å². The van der Waals surface area contributed by atoms with E-state index in [0.717, 1.165) is 16.9 Å². The highest BCUT2D eigenvalue weighted by Crippen LogP contribution is 2.23. The van der Waals surface area contributed by atoms with Crippen LogP contribution in [0.2, 0.25) is 5.02 Å². The van der Waals surface area contributed by atoms with Crippen LogP contribution in [0.25, 0.3) is 0 Å². The highest BCUT2D eigenvalue weighted by atomic mass is 35.5. The van der Waals surface area contributed by atoms with E-state index in [2.05, 4.69) is 15.3 Å². The summed E-state index contributed by atoms with van der Waals surface area (Å²) in [5, 5.41) is 3.88. The van der Waals surface area contributed by atoms with Gasteiger partial charge in [-0.25, -0.2) is 4.98 Å². The van der Waals surface area contributed by atoms with Crippen LogP contribution in [0.5, 0.6) is 0 Å². The number of hydrogen-bond acceptors (Lipinski definition) is 4. The molecule has 4 nitrogen and oxygen atoms in total. The minimum atomic E-state index is -0.594. The summed E-state index contributed by atoms with van der Waals surface area (Å²) in [7, 11) is 0. The Morgan fingerprint density at radius 2 is 1.96 bits per heavy atom. The quantitative estimate of drug-likeness (QED) is 0.530. The predicted molar refractivity (Wildman–Crippen MR) is 95.9 cm³/mol. The molecule has 0 amide bonds. The molecule has 0 aliphatic carbocycles. The molecule has 0 aliphatic heterocycles. The number of aromatic nitrogens is 2. The zero-order valence-corrected chi connectivity index (χ0v) is 14.2. The third-order valence-corrected chi connectivity index (χ3v) is 4.02. The molecule has 0 fully saturated rings. The minimum absolute atomic E-state index is 0.129. The lowest BCUT2D eigenvalue weighted by Crippen LogP contribution is -2.09. The van der Waals surface area contributed by atoms with Crippen LogP contribution in [-0.2, 0) is 6.42 Å². The lowest BCUT2D eigenvalue weighted by Gasteiger charge is -2.12. The molecule has 3 rings (SSSR count). The van der Waals surface area contributed by atoms with E-state index in [1.165, 1.54) is 12.3 Å². The number of hydrogen-bond donors (Lipinski definition) is 1. The number of nitrogens with one attached hydrogen (secondary N) is 1. The van der Waals surface area contributed by atoms with Crippen molar-refractivity contribution in [1.82, 2.24) is 9.97 Å². The molecule has 6 heteroatoms. The molecule has 25 heavy (non-hydrogen) atoms. The number of carbonyl (C=O) groups excluding carboxylic acids is 1. The molecule has 0 radical (unpaired) electrons. The number of aryl methyl sites for hydroxylation is 1. The molecule has 0 saturated carbocycles. The number of benzene rings is 1. The van der Waals surface area contributed by atoms with Gasteiger partial charge in [0.15, 0.2) is 5.78 Å². The van der Waals surface area contributed by atoms with Gasteiger partial charge in [-0.2, -0.15) is 4.39 Å². The highest BCUT2D eigenvalue weighted by Gasteiger charge is 2.14. The largest absolute Gasteiger partial charge is 0.354 e. The Bertz CT molecular complexity index is 913. The van der Waals surface area contributed by atoms with E-state index in [0.29, 0.717) is 16.1 Å². The van der Waals surface area contributed by atoms with Gasteiger partial charge in [-0.3, -0.25) is 9.78 Å². The van der Waals surface area contributed by atoms with E-state index >= 15 is 0 Å². The number of carbonyl (C=O) groups is 1. The fraction of sp³-hybridized carbons (Fsp3) is 0.105. The van der Waals surface area contributed by atoms with E-state index in [1.54, 1.807) is 37.5 Å². The second kappa shape index (κ2) is 7.40. The lowest BCUT2D eigenvalue weighted by molar-refractivity contribution is 0.0992. The second-order valence-electron chi connectivity index (χ2n) is 5.59. The van der Waals surface area contributed by atoms with Crippen LogP contribution in [-0.4, -0.2) is 15.8 Å². The normalized spacial score (nSPS) is 10.5. The van der Waals surface area contributed by atoms with Crippen LogP contribution in [0.4, 0.5) is 15.8 Å². The summed E-state index contributed by atoms with van der Waals surface area (Å²) in [5.41, 5.74) is 3.34. The van der Waals surface area contributed by atoms with Crippen molar-refractivity contribution in [3.63, 3.8) is 0 Å². The monoisotopic (exact) mass is 355 g/mol. The Morgan fingerprint density at radius 3 is 2.68 bits per heavy atom. The minimum Gasteiger partial charge on any atom is -0.354 e. The van der Waals surface area contributed by atoms with Gasteiger partial charge in [-0.1, -0.05) is 11.6 Å². The summed E-state index contributed by atoms with van der Waals surface area (Å²) in [4.78, 5) is 20.2. The van der Waals surface area contributed by atoms with Gasteiger partial charge >= 0.3 is 0 Å². The molecule has 0 atom stereocenters. The average Bonchev–Trinajstić information content (AvgIpc) is 2.58. The molecular formula is C19H15ClFN3O. The Balaban J connectivity index is 1.83. The van der Waals surface area contributed by atoms with Crippen LogP contribution in [0.15, 0.2) is 55.0 Å². The first-order chi connectivity index (χ1) is 12.0. The summed E-state index contributed by atoms with van der Waals surface area (Å²) in [6.45, 7) is 1.69. The molecule has 0 bridgehead atoms. The van der Waals surface area contributed by atoms with Crippen LogP contribution >= 0.6 is 11.6 Å². The van der Waals surface area contributed by atoms with Crippen molar-refractivity contribution in [2.24, 2.45) is 0 Å². The second-order valence-corrected chi connectivity index (χ2v) is 6.02. The van der Waals surface area contributed by atoms with Gasteiger partial charge in [-0.15, -0.1) is 0 Å². The smallest absolute Gasteiger partial charge is 0.213 e. The molecular weight excluding hydrogens is 341 g/mol. The summed E-state index contributed by atoms with van der Waals surface area (Å²) in [5.74, 6) is -0.724. The maximum absolute atomic E-state index is 13.1. The molecule has 1 aromatic carbocycles. The standard InChI is InChI=1S/C19H15ClFN3O/c1-12-8-19(21)23-10-16(12)18(25)9-13-6-7-22-11-17(13)24-15-4-2-14(20)3-5-15/h2-8,10-11,24H,9H2,1H3. The fourth-order valence-corrected chi connectivity index (χ4v) is 2.59. The maximum Gasteiger partial charge on any atom is 0.213 e. The van der Waals surface area contributed by atoms with Crippen molar-refractivity contribution < 1.29 is 9.18 Å². The van der Waals surface area contributed by atoms with Crippen molar-refractivity contribution in [1.29, 1.82) is 0 Å². The molecule has 126 valence electrons. The van der Waals surface area contributed by atoms with Crippen molar-refractivity contribution in [3.05, 3.63) is 82.6 Å². The van der Waals surface area contributed by atoms with Crippen molar-refractivity contribution >= 4 is 28.8 Å². The topological polar surface area (TPSA) is 54.9 Å². The Kier molecular flexibility index (Phi) is 5.05. The highest BCUT2D eigenvalue weighted by molar-refractivity contribution is 6.30. The number of anilines is 2. The van der Waals surface area contributed by atoms with E-state index in [9.17, 15) is 9.18 Å². The number of rotatable bonds is 5. The number of nitrogens with zero attached hydrogens (tertiary/aromatic N) is 2. The van der Waals surface area contributed by atoms with Gasteiger partial charge in [0.2, 0.25) is 5.95 Å². The third-order valence-electron chi connectivity index (χ3n) is 3.76. The fourth-order valence-electron chi connectivity index (χ4n) is 2.46. The number of ketones is 1. The van der Waals surface area contributed by atoms with Crippen molar-refractivity contribution in [2.45, 2.75) is 13.3 Å². The summed E-state index contributed by atoms with van der Waals surface area (Å²) in [6, 6.07) is 10.3. The molecule has 1 N–H and O–H groups in total. The van der Waals surface area contributed by atoms with Gasteiger partial charge in [0, 0.05) is 35.1 Å². The molecule has 0 saturated heterocycles. The van der Waals surface area contributed by atoms with E-state index < -0.39 is 5.95 Å². The SMILES string of the molecule is Cc1cc(F)ncc1C(=O)Cc1ccncc1Nc1ccc(Cl)cc1. The van der Waals surface area contributed by atoms with Gasteiger partial charge < -0.3 is 5.32 Å². The van der Waals surface area contributed by atoms with Crippen LogP contribution in [0.3, 0.4) is 0 Å². The Hall–Kier alpha value is -2.79. The Morgan fingerprint density at radius 1 is 1.20 bits per heavy atom.